The van der Waals surface area contributed by atoms with Crippen LogP contribution in [0, 0.1) is 0 Å². The van der Waals surface area contributed by atoms with Gasteiger partial charge in [-0.2, -0.15) is 0 Å². The molecule has 2 unspecified atom stereocenters. The molecule has 4 nitrogen and oxygen atoms in total. The number of hydrogen-bond donors (Lipinski definition) is 0. The Morgan fingerprint density at radius 2 is 1.16 bits per heavy atom. The van der Waals surface area contributed by atoms with Crippen LogP contribution in [0.3, 0.4) is 0 Å². The molecule has 0 N–H and O–H groups in total. The molecule has 168 valence electrons. The number of rotatable bonds is 6. The van der Waals surface area contributed by atoms with Crippen molar-refractivity contribution in [2.24, 2.45) is 0 Å². The Kier molecular flexibility index (Phi) is 4.62. The first-order chi connectivity index (χ1) is 14.9. The molecule has 0 spiro atoms. The van der Waals surface area contributed by atoms with Crippen molar-refractivity contribution in [1.29, 1.82) is 0 Å². The Morgan fingerprint density at radius 1 is 0.781 bits per heavy atom. The van der Waals surface area contributed by atoms with Crippen LogP contribution in [0.4, 0.5) is 0 Å². The summed E-state index contributed by atoms with van der Waals surface area (Å²) in [5.74, 6) is -0.694. The fourth-order valence-corrected chi connectivity index (χ4v) is 22.9. The molecular weight excluding hydrogens is 452 g/mol. The van der Waals surface area contributed by atoms with Crippen molar-refractivity contribution in [2.45, 2.75) is 45.6 Å². The van der Waals surface area contributed by atoms with Crippen molar-refractivity contribution in [2.75, 3.05) is 0 Å². The van der Waals surface area contributed by atoms with E-state index in [4.69, 9.17) is 6.64 Å². The van der Waals surface area contributed by atoms with Crippen LogP contribution in [-0.4, -0.2) is 19.6 Å². The molecule has 0 fully saturated rings. The van der Waals surface area contributed by atoms with Crippen molar-refractivity contribution in [1.82, 2.24) is 0 Å². The minimum absolute atomic E-state index is 0.201. The number of hydrogen-bond acceptors (Lipinski definition) is 4. The van der Waals surface area contributed by atoms with E-state index in [-0.39, 0.29) is 33.2 Å². The van der Waals surface area contributed by atoms with E-state index in [1.807, 2.05) is 34.7 Å². The van der Waals surface area contributed by atoms with Gasteiger partial charge in [0, 0.05) is 0 Å². The van der Waals surface area contributed by atoms with E-state index in [0.29, 0.717) is 0 Å². The van der Waals surface area contributed by atoms with E-state index >= 15 is 0 Å². The van der Waals surface area contributed by atoms with Crippen molar-refractivity contribution in [3.05, 3.63) is 82.9 Å². The third-order valence-electron chi connectivity index (χ3n) is 7.83. The van der Waals surface area contributed by atoms with Gasteiger partial charge in [-0.3, -0.25) is 0 Å². The van der Waals surface area contributed by atoms with Gasteiger partial charge in [-0.25, -0.2) is 0 Å². The van der Waals surface area contributed by atoms with Crippen molar-refractivity contribution >= 4 is 31.7 Å². The van der Waals surface area contributed by atoms with Crippen molar-refractivity contribution in [3.63, 3.8) is 0 Å². The zero-order valence-electron chi connectivity index (χ0n) is 19.3. The molecule has 0 aliphatic heterocycles. The van der Waals surface area contributed by atoms with Gasteiger partial charge in [-0.15, -0.1) is 0 Å². The van der Waals surface area contributed by atoms with Gasteiger partial charge in [0.05, 0.1) is 0 Å². The molecule has 2 aromatic carbocycles. The fraction of sp³-hybridized carbons (Fsp3) is 0.308. The molecule has 0 saturated heterocycles. The zero-order valence-corrected chi connectivity index (χ0v) is 22.3. The fourth-order valence-electron chi connectivity index (χ4n) is 6.15. The monoisotopic (exact) mass is 484 g/mol. The number of allylic oxidation sites excluding steroid dienone is 2. The molecule has 2 atom stereocenters. The van der Waals surface area contributed by atoms with Crippen LogP contribution in [-0.2, 0) is 28.5 Å². The standard InChI is InChI=1S/2C9H7.2C3H6O2.2CH3.H2Si.Ti/c2*1-2-5-9-7-3-6-8(9)4-1;2*1-2-3(4)5;;;;/h2*1-7H;2*2H2,1H3,(H,4,5);2*1H3;1H2;/q;;;;;;;+2/p-2. The molecule has 0 amide bonds. The van der Waals surface area contributed by atoms with E-state index in [1.54, 1.807) is 21.5 Å². The first kappa shape index (κ1) is 23.0. The van der Waals surface area contributed by atoms with Gasteiger partial charge in [0.2, 0.25) is 0 Å². The average Bonchev–Trinajstić information content (AvgIpc) is 3.39. The number of carbonyl (C=O) groups is 2. The molecule has 0 aromatic heterocycles. The number of benzene rings is 2. The van der Waals surface area contributed by atoms with Gasteiger partial charge < -0.3 is 0 Å². The van der Waals surface area contributed by atoms with E-state index in [0.717, 1.165) is 22.3 Å². The van der Waals surface area contributed by atoms with Gasteiger partial charge in [0.15, 0.2) is 0 Å². The van der Waals surface area contributed by atoms with Crippen LogP contribution in [0.1, 0.15) is 57.4 Å². The number of carbonyl (C=O) groups excluding carboxylic acids is 2. The van der Waals surface area contributed by atoms with Crippen LogP contribution in [0.5, 0.6) is 0 Å². The summed E-state index contributed by atoms with van der Waals surface area (Å²) in [6, 6.07) is 16.2. The quantitative estimate of drug-likeness (QED) is 0.497. The molecule has 0 bridgehead atoms. The number of fused-ring (bicyclic) bond motifs is 2. The maximum atomic E-state index is 13.2. The molecule has 0 heterocycles. The van der Waals surface area contributed by atoms with Gasteiger partial charge in [-0.1, -0.05) is 0 Å². The minimum atomic E-state index is -6.20. The third-order valence-corrected chi connectivity index (χ3v) is 25.6. The molecule has 4 rings (SSSR count). The van der Waals surface area contributed by atoms with Crippen LogP contribution < -0.4 is 0 Å². The van der Waals surface area contributed by atoms with Crippen molar-refractivity contribution in [3.8, 4) is 0 Å². The van der Waals surface area contributed by atoms with Crippen LogP contribution in [0.2, 0.25) is 10.5 Å². The molecule has 2 aliphatic carbocycles. The second-order valence-electron chi connectivity index (χ2n) is 11.2. The second-order valence-corrected chi connectivity index (χ2v) is 39.7. The van der Waals surface area contributed by atoms with Crippen LogP contribution >= 0.6 is 0 Å². The molecule has 2 aromatic rings. The summed E-state index contributed by atoms with van der Waals surface area (Å²) in [6.07, 6.45) is 8.71. The Labute approximate surface area is 188 Å². The van der Waals surface area contributed by atoms with E-state index < -0.39 is 12.3 Å². The first-order valence-corrected chi connectivity index (χ1v) is 21.6. The van der Waals surface area contributed by atoms with Crippen LogP contribution in [0.15, 0.2) is 60.7 Å². The molecule has 6 heteroatoms. The summed E-state index contributed by atoms with van der Waals surface area (Å²) in [5, 5.41) is 4.01. The molecule has 2 aliphatic rings. The predicted octanol–water partition coefficient (Wildman–Crippen LogP) is 5.66. The van der Waals surface area contributed by atoms with E-state index in [1.165, 1.54) is 0 Å². The van der Waals surface area contributed by atoms with Gasteiger partial charge in [0.25, 0.3) is 0 Å². The topological polar surface area (TPSA) is 52.6 Å². The molecule has 0 radical (unpaired) electrons. The normalized spacial score (nSPS) is 22.1. The summed E-state index contributed by atoms with van der Waals surface area (Å²) >= 11 is -6.20. The van der Waals surface area contributed by atoms with Crippen molar-refractivity contribution < 1.29 is 28.5 Å². The Hall–Kier alpha value is -2.21. The van der Waals surface area contributed by atoms with E-state index in [9.17, 15) is 9.59 Å². The SMILES string of the molecule is CCC(=O)[O][Ti]([CH3])([CH3])(=[SiH2])([O]C(=O)CC)([CH]1C=Cc2ccccc21)[CH]1C=Cc2ccccc21. The maximum absolute atomic E-state index is 13.2. The van der Waals surface area contributed by atoms with Crippen LogP contribution in [0.25, 0.3) is 12.2 Å². The molecule has 32 heavy (non-hydrogen) atoms. The van der Waals surface area contributed by atoms with Gasteiger partial charge >= 0.3 is 189 Å². The zero-order chi connectivity index (χ0) is 23.3. The second kappa shape index (κ2) is 6.43. The Bertz CT molecular complexity index is 1240. The molecule has 0 saturated carbocycles. The summed E-state index contributed by atoms with van der Waals surface area (Å²) < 4.78 is 12.9. The third kappa shape index (κ3) is 2.98. The first-order valence-electron chi connectivity index (χ1n) is 11.4. The predicted molar refractivity (Wildman–Crippen MR) is 129 cm³/mol. The summed E-state index contributed by atoms with van der Waals surface area (Å²) in [5.41, 5.74) is 4.20. The molecular formula is C26H32O4SiTi. The summed E-state index contributed by atoms with van der Waals surface area (Å²) in [7, 11) is 1.67. The Balaban J connectivity index is 2.17. The van der Waals surface area contributed by atoms with E-state index in [2.05, 4.69) is 48.6 Å². The average molecular weight is 484 g/mol. The Morgan fingerprint density at radius 3 is 1.53 bits per heavy atom. The van der Waals surface area contributed by atoms with Gasteiger partial charge in [-0.05, 0) is 0 Å². The summed E-state index contributed by atoms with van der Waals surface area (Å²) in [4.78, 5) is 26.5. The summed E-state index contributed by atoms with van der Waals surface area (Å²) in [6.45, 7) is 3.57. The van der Waals surface area contributed by atoms with Gasteiger partial charge in [0.1, 0.15) is 0 Å².